The highest BCUT2D eigenvalue weighted by Crippen LogP contribution is 2.13. The maximum atomic E-state index is 12.4. The summed E-state index contributed by atoms with van der Waals surface area (Å²) < 4.78 is 12.4. The summed E-state index contributed by atoms with van der Waals surface area (Å²) in [5.74, 6) is -1.86. The van der Waals surface area contributed by atoms with Gasteiger partial charge in [0.05, 0.1) is 6.42 Å². The topological polar surface area (TPSA) is 66.4 Å². The zero-order chi connectivity index (χ0) is 13.7. The molecule has 0 radical (unpaired) electrons. The summed E-state index contributed by atoms with van der Waals surface area (Å²) in [5, 5.41) is 10.8. The molecule has 0 spiro atoms. The number of nitrogens with one attached hydrogen (secondary N) is 1. The highest BCUT2D eigenvalue weighted by atomic mass is 19.1. The minimum atomic E-state index is -1.47. The molecule has 2 N–H and O–H groups in total. The Kier molecular flexibility index (Phi) is 4.83. The van der Waals surface area contributed by atoms with Crippen molar-refractivity contribution < 1.29 is 19.1 Å². The lowest BCUT2D eigenvalue weighted by Crippen LogP contribution is -2.43. The molecular formula is C13H16FNO3. The average Bonchev–Trinajstić information content (AvgIpc) is 2.30. The van der Waals surface area contributed by atoms with E-state index in [-0.39, 0.29) is 6.42 Å². The number of aryl methyl sites for hydroxylation is 2. The third kappa shape index (κ3) is 3.55. The van der Waals surface area contributed by atoms with E-state index >= 15 is 0 Å². The van der Waals surface area contributed by atoms with Gasteiger partial charge in [0.1, 0.15) is 6.67 Å². The van der Waals surface area contributed by atoms with Crippen LogP contribution in [-0.4, -0.2) is 29.7 Å². The van der Waals surface area contributed by atoms with Gasteiger partial charge in [-0.2, -0.15) is 0 Å². The summed E-state index contributed by atoms with van der Waals surface area (Å²) in [7, 11) is 0. The number of carboxylic acids is 1. The van der Waals surface area contributed by atoms with Crippen molar-refractivity contribution in [2.45, 2.75) is 26.3 Å². The summed E-state index contributed by atoms with van der Waals surface area (Å²) in [6.07, 6.45) is 0.0578. The maximum Gasteiger partial charge on any atom is 0.328 e. The van der Waals surface area contributed by atoms with E-state index in [0.29, 0.717) is 0 Å². The first-order chi connectivity index (χ1) is 8.45. The van der Waals surface area contributed by atoms with Gasteiger partial charge in [0.15, 0.2) is 6.04 Å². The molecule has 0 fully saturated rings. The van der Waals surface area contributed by atoms with Gasteiger partial charge in [0.2, 0.25) is 5.91 Å². The number of aliphatic carboxylic acids is 1. The van der Waals surface area contributed by atoms with E-state index in [2.05, 4.69) is 5.32 Å². The Labute approximate surface area is 105 Å². The second kappa shape index (κ2) is 6.14. The number of amides is 1. The molecule has 0 aliphatic rings. The van der Waals surface area contributed by atoms with E-state index < -0.39 is 24.6 Å². The molecule has 0 saturated heterocycles. The number of alkyl halides is 1. The van der Waals surface area contributed by atoms with Gasteiger partial charge >= 0.3 is 5.97 Å². The Balaban J connectivity index is 2.73. The fourth-order valence-corrected chi connectivity index (χ4v) is 1.70. The van der Waals surface area contributed by atoms with Gasteiger partial charge in [-0.05, 0) is 30.5 Å². The normalized spacial score (nSPS) is 11.9. The molecule has 4 nitrogen and oxygen atoms in total. The molecule has 0 heterocycles. The van der Waals surface area contributed by atoms with Gasteiger partial charge in [-0.25, -0.2) is 9.18 Å². The number of halogens is 1. The van der Waals surface area contributed by atoms with Crippen molar-refractivity contribution in [3.05, 3.63) is 34.9 Å². The van der Waals surface area contributed by atoms with E-state index in [1.54, 1.807) is 0 Å². The first-order valence-electron chi connectivity index (χ1n) is 5.59. The molecule has 98 valence electrons. The van der Waals surface area contributed by atoms with Crippen LogP contribution in [0.4, 0.5) is 4.39 Å². The highest BCUT2D eigenvalue weighted by Gasteiger charge is 2.20. The van der Waals surface area contributed by atoms with Gasteiger partial charge in [0, 0.05) is 0 Å². The molecule has 0 saturated carbocycles. The van der Waals surface area contributed by atoms with Crippen molar-refractivity contribution in [1.29, 1.82) is 0 Å². The van der Waals surface area contributed by atoms with Crippen molar-refractivity contribution >= 4 is 11.9 Å². The molecular weight excluding hydrogens is 237 g/mol. The Morgan fingerprint density at radius 2 is 1.89 bits per heavy atom. The maximum absolute atomic E-state index is 12.4. The Bertz CT molecular complexity index is 439. The minimum Gasteiger partial charge on any atom is -0.480 e. The molecule has 0 aliphatic heterocycles. The molecule has 0 aliphatic carbocycles. The van der Waals surface area contributed by atoms with Crippen LogP contribution in [0.1, 0.15) is 16.7 Å². The van der Waals surface area contributed by atoms with Crippen molar-refractivity contribution in [3.8, 4) is 0 Å². The zero-order valence-electron chi connectivity index (χ0n) is 10.4. The largest absolute Gasteiger partial charge is 0.480 e. The number of carboxylic acid groups (broad SMARTS) is 1. The van der Waals surface area contributed by atoms with Crippen molar-refractivity contribution in [3.63, 3.8) is 0 Å². The number of hydrogen-bond acceptors (Lipinski definition) is 2. The van der Waals surface area contributed by atoms with Gasteiger partial charge in [-0.15, -0.1) is 0 Å². The Hall–Kier alpha value is -1.91. The summed E-state index contributed by atoms with van der Waals surface area (Å²) in [5.41, 5.74) is 2.76. The molecule has 5 heteroatoms. The third-order valence-corrected chi connectivity index (χ3v) is 2.77. The van der Waals surface area contributed by atoms with E-state index in [1.165, 1.54) is 0 Å². The van der Waals surface area contributed by atoms with E-state index in [9.17, 15) is 14.0 Å². The lowest BCUT2D eigenvalue weighted by atomic mass is 10.00. The average molecular weight is 253 g/mol. The van der Waals surface area contributed by atoms with Crippen LogP contribution in [0.25, 0.3) is 0 Å². The van der Waals surface area contributed by atoms with Crippen molar-refractivity contribution in [2.24, 2.45) is 0 Å². The summed E-state index contributed by atoms with van der Waals surface area (Å²) in [4.78, 5) is 22.2. The van der Waals surface area contributed by atoms with Crippen LogP contribution in [0.3, 0.4) is 0 Å². The Morgan fingerprint density at radius 3 is 2.33 bits per heavy atom. The molecule has 1 unspecified atom stereocenters. The van der Waals surface area contributed by atoms with Gasteiger partial charge in [-0.1, -0.05) is 18.2 Å². The van der Waals surface area contributed by atoms with Crippen LogP contribution in [0.15, 0.2) is 18.2 Å². The first-order valence-corrected chi connectivity index (χ1v) is 5.59. The van der Waals surface area contributed by atoms with E-state index in [0.717, 1.165) is 16.7 Å². The van der Waals surface area contributed by atoms with E-state index in [1.807, 2.05) is 32.0 Å². The van der Waals surface area contributed by atoms with Crippen LogP contribution < -0.4 is 5.32 Å². The SMILES string of the molecule is Cc1cccc(C)c1CC(=O)NC(CF)C(=O)O. The second-order valence-electron chi connectivity index (χ2n) is 4.16. The molecule has 0 aromatic heterocycles. The third-order valence-electron chi connectivity index (χ3n) is 2.77. The van der Waals surface area contributed by atoms with Crippen LogP contribution in [-0.2, 0) is 16.0 Å². The monoisotopic (exact) mass is 253 g/mol. The summed E-state index contributed by atoms with van der Waals surface area (Å²) in [6, 6.07) is 4.16. The molecule has 1 rings (SSSR count). The molecule has 0 bridgehead atoms. The molecule has 1 aromatic carbocycles. The number of carbonyl (C=O) groups excluding carboxylic acids is 1. The summed E-state index contributed by atoms with van der Waals surface area (Å²) in [6.45, 7) is 2.63. The first kappa shape index (κ1) is 14.2. The lowest BCUT2D eigenvalue weighted by Gasteiger charge is -2.13. The fraction of sp³-hybridized carbons (Fsp3) is 0.385. The predicted octanol–water partition coefficient (Wildman–Crippen LogP) is 1.38. The molecule has 18 heavy (non-hydrogen) atoms. The van der Waals surface area contributed by atoms with Crippen LogP contribution in [0.5, 0.6) is 0 Å². The Morgan fingerprint density at radius 1 is 1.33 bits per heavy atom. The van der Waals surface area contributed by atoms with Crippen molar-refractivity contribution in [1.82, 2.24) is 5.32 Å². The standard InChI is InChI=1S/C13H16FNO3/c1-8-4-3-5-9(2)10(8)6-12(16)15-11(7-14)13(17)18/h3-5,11H,6-7H2,1-2H3,(H,15,16)(H,17,18). The number of rotatable bonds is 5. The van der Waals surface area contributed by atoms with Crippen LogP contribution in [0, 0.1) is 13.8 Å². The number of benzene rings is 1. The summed E-state index contributed by atoms with van der Waals surface area (Å²) >= 11 is 0. The molecule has 1 amide bonds. The number of carbonyl (C=O) groups is 2. The lowest BCUT2D eigenvalue weighted by molar-refractivity contribution is -0.142. The highest BCUT2D eigenvalue weighted by molar-refractivity contribution is 5.85. The number of hydrogen-bond donors (Lipinski definition) is 2. The minimum absolute atomic E-state index is 0.0578. The van der Waals surface area contributed by atoms with Crippen LogP contribution >= 0.6 is 0 Å². The van der Waals surface area contributed by atoms with Gasteiger partial charge in [0.25, 0.3) is 0 Å². The zero-order valence-corrected chi connectivity index (χ0v) is 10.4. The quantitative estimate of drug-likeness (QED) is 0.833. The predicted molar refractivity (Wildman–Crippen MR) is 65.2 cm³/mol. The molecule has 1 atom stereocenters. The molecule has 1 aromatic rings. The smallest absolute Gasteiger partial charge is 0.328 e. The van der Waals surface area contributed by atoms with Gasteiger partial charge in [-0.3, -0.25) is 4.79 Å². The van der Waals surface area contributed by atoms with Gasteiger partial charge < -0.3 is 10.4 Å². The fourth-order valence-electron chi connectivity index (χ4n) is 1.70. The van der Waals surface area contributed by atoms with Crippen LogP contribution in [0.2, 0.25) is 0 Å². The second-order valence-corrected chi connectivity index (χ2v) is 4.16. The van der Waals surface area contributed by atoms with E-state index in [4.69, 9.17) is 5.11 Å². The van der Waals surface area contributed by atoms with Crippen molar-refractivity contribution in [2.75, 3.05) is 6.67 Å².